The van der Waals surface area contributed by atoms with E-state index in [1.165, 1.54) is 13.2 Å². The van der Waals surface area contributed by atoms with E-state index < -0.39 is 5.82 Å². The molecule has 3 aromatic rings. The Bertz CT molecular complexity index is 1260. The topological polar surface area (TPSA) is 88.3 Å². The quantitative estimate of drug-likeness (QED) is 0.254. The standard InChI is InChI=1S/C24H23FIN4O3/c1-13-6-8-26-16-10-28-24(31)19-21(16)30-20(14-7-9-27-11-18(14)33-12-13)22(19)29-17-5-3-4-15(25)23(17)32-2/h3-7,9,11,16,29-30H,8,10,12H2,1-2H3,(H,28,31)/q-1/b13-6+/t16-/m1/s1. The number of aromatic amines is 1. The predicted molar refractivity (Wildman–Crippen MR) is 119 cm³/mol. The van der Waals surface area contributed by atoms with Crippen LogP contribution in [-0.4, -0.2) is 40.6 Å². The molecule has 0 fully saturated rings. The molecule has 1 atom stereocenters. The second-order valence-corrected chi connectivity index (χ2v) is 11.1. The molecule has 0 unspecified atom stereocenters. The fourth-order valence-electron chi connectivity index (χ4n) is 4.01. The van der Waals surface area contributed by atoms with Gasteiger partial charge in [-0.3, -0.25) is 0 Å². The van der Waals surface area contributed by atoms with Crippen LogP contribution < -0.4 is 41.3 Å². The molecule has 0 saturated carbocycles. The number of hydrogen-bond donors (Lipinski definition) is 3. The minimum absolute atomic E-state index is 0.0857. The molecule has 33 heavy (non-hydrogen) atoms. The van der Waals surface area contributed by atoms with Gasteiger partial charge in [0, 0.05) is 0 Å². The minimum atomic E-state index is -0.484. The average Bonchev–Trinajstić information content (AvgIpc) is 3.19. The van der Waals surface area contributed by atoms with Crippen LogP contribution in [0.1, 0.15) is 26.9 Å². The van der Waals surface area contributed by atoms with Gasteiger partial charge in [-0.05, 0) is 0 Å². The predicted octanol–water partition coefficient (Wildman–Crippen LogP) is 1.18. The number of pyridine rings is 1. The Morgan fingerprint density at radius 1 is 1.33 bits per heavy atom. The first-order valence-electron chi connectivity index (χ1n) is 10.5. The maximum atomic E-state index is 14.4. The molecule has 2 bridgehead atoms. The van der Waals surface area contributed by atoms with E-state index in [0.29, 0.717) is 41.5 Å². The van der Waals surface area contributed by atoms with Crippen LogP contribution in [-0.2, 0) is 0 Å². The summed E-state index contributed by atoms with van der Waals surface area (Å²) in [7, 11) is 1.42. The summed E-state index contributed by atoms with van der Waals surface area (Å²) in [6.45, 7) is 3.13. The van der Waals surface area contributed by atoms with E-state index in [2.05, 4.69) is 33.6 Å². The monoisotopic (exact) mass is 561 g/mol. The van der Waals surface area contributed by atoms with Crippen LogP contribution in [0.5, 0.6) is 11.5 Å². The second kappa shape index (κ2) is 9.05. The third kappa shape index (κ3) is 4.05. The summed E-state index contributed by atoms with van der Waals surface area (Å²) in [5, 5.41) is 6.34. The maximum absolute atomic E-state index is 14.4. The number of amides is 1. The van der Waals surface area contributed by atoms with E-state index >= 15 is 0 Å². The number of ether oxygens (including phenoxy) is 2. The van der Waals surface area contributed by atoms with Crippen LogP contribution in [0.3, 0.4) is 0 Å². The first kappa shape index (κ1) is 21.7. The van der Waals surface area contributed by atoms with Gasteiger partial charge in [0.25, 0.3) is 0 Å². The van der Waals surface area contributed by atoms with Crippen molar-refractivity contribution >= 4 is 17.3 Å². The zero-order valence-corrected chi connectivity index (χ0v) is 20.3. The van der Waals surface area contributed by atoms with Gasteiger partial charge in [-0.25, -0.2) is 0 Å². The van der Waals surface area contributed by atoms with Gasteiger partial charge in [0.05, 0.1) is 0 Å². The molecule has 9 heteroatoms. The summed E-state index contributed by atoms with van der Waals surface area (Å²) in [6, 6.07) is 6.52. The first-order chi connectivity index (χ1) is 16.1. The summed E-state index contributed by atoms with van der Waals surface area (Å²) in [4.78, 5) is 20.8. The number of aromatic nitrogens is 2. The van der Waals surface area contributed by atoms with Gasteiger partial charge in [-0.15, -0.1) is 0 Å². The molecule has 2 aliphatic rings. The van der Waals surface area contributed by atoms with Crippen molar-refractivity contribution in [3.63, 3.8) is 0 Å². The number of hydrogen-bond acceptors (Lipinski definition) is 5. The van der Waals surface area contributed by atoms with Crippen LogP contribution in [0, 0.1) is 5.82 Å². The SMILES string of the molecule is COc1c(F)cccc1Nc1c2[nH]c3c1C(=O)NC[C@H]3[I-]C/C=C(\C)COc1cnccc1-2. The number of methoxy groups -OCH3 is 1. The van der Waals surface area contributed by atoms with E-state index in [1.54, 1.807) is 24.5 Å². The van der Waals surface area contributed by atoms with Crippen LogP contribution >= 0.6 is 0 Å². The number of anilines is 2. The number of rotatable bonds is 3. The molecule has 0 saturated heterocycles. The van der Waals surface area contributed by atoms with Gasteiger partial charge in [-0.2, -0.15) is 0 Å². The van der Waals surface area contributed by atoms with Crippen molar-refractivity contribution in [3.8, 4) is 22.8 Å². The average molecular weight is 561 g/mol. The molecular formula is C24H23FIN4O3-. The number of halogens is 2. The first-order valence-corrected chi connectivity index (χ1v) is 13.3. The second-order valence-electron chi connectivity index (χ2n) is 7.81. The molecule has 0 radical (unpaired) electrons. The van der Waals surface area contributed by atoms with Crippen molar-refractivity contribution in [2.75, 3.05) is 30.0 Å². The number of benzene rings is 1. The molecule has 1 amide bonds. The number of nitrogens with zero attached hydrogens (tertiary/aromatic N) is 1. The molecule has 3 N–H and O–H groups in total. The van der Waals surface area contributed by atoms with E-state index in [-0.39, 0.29) is 36.8 Å². The summed E-state index contributed by atoms with van der Waals surface area (Å²) in [5.41, 5.74) is 5.11. The van der Waals surface area contributed by atoms with Crippen LogP contribution in [0.4, 0.5) is 15.8 Å². The number of carbonyl (C=O) groups excluding carboxylic acids is 1. The zero-order chi connectivity index (χ0) is 22.9. The third-order valence-electron chi connectivity index (χ3n) is 5.65. The third-order valence-corrected chi connectivity index (χ3v) is 8.73. The molecule has 4 heterocycles. The summed E-state index contributed by atoms with van der Waals surface area (Å²) >= 11 is -0.271. The van der Waals surface area contributed by atoms with E-state index in [0.717, 1.165) is 21.3 Å². The molecule has 7 nitrogen and oxygen atoms in total. The van der Waals surface area contributed by atoms with Crippen LogP contribution in [0.15, 0.2) is 48.3 Å². The molecule has 0 aliphatic carbocycles. The van der Waals surface area contributed by atoms with E-state index in [4.69, 9.17) is 9.47 Å². The van der Waals surface area contributed by atoms with Crippen LogP contribution in [0.2, 0.25) is 0 Å². The number of alkyl halides is 2. The molecule has 5 rings (SSSR count). The molecule has 2 aromatic heterocycles. The van der Waals surface area contributed by atoms with Gasteiger partial charge in [-0.1, -0.05) is 0 Å². The number of fused-ring (bicyclic) bond motifs is 3. The number of H-pyrrole nitrogens is 1. The fourth-order valence-corrected chi connectivity index (χ4v) is 7.07. The summed E-state index contributed by atoms with van der Waals surface area (Å²) in [5.74, 6) is 0.0404. The van der Waals surface area contributed by atoms with Crippen LogP contribution in [0.25, 0.3) is 11.3 Å². The van der Waals surface area contributed by atoms with E-state index in [1.807, 2.05) is 6.07 Å². The summed E-state index contributed by atoms with van der Waals surface area (Å²) in [6.07, 6.45) is 5.58. The van der Waals surface area contributed by atoms with Crippen molar-refractivity contribution in [1.29, 1.82) is 0 Å². The van der Waals surface area contributed by atoms with Crippen molar-refractivity contribution in [2.45, 2.75) is 10.8 Å². The van der Waals surface area contributed by atoms with Crippen molar-refractivity contribution in [3.05, 3.63) is 65.4 Å². The van der Waals surface area contributed by atoms with E-state index in [9.17, 15) is 9.18 Å². The van der Waals surface area contributed by atoms with Gasteiger partial charge in [0.1, 0.15) is 0 Å². The van der Waals surface area contributed by atoms with Gasteiger partial charge < -0.3 is 0 Å². The molecule has 0 spiro atoms. The molecule has 2 aliphatic heterocycles. The van der Waals surface area contributed by atoms with Gasteiger partial charge in [0.15, 0.2) is 0 Å². The Morgan fingerprint density at radius 2 is 2.21 bits per heavy atom. The van der Waals surface area contributed by atoms with Gasteiger partial charge in [0.2, 0.25) is 0 Å². The van der Waals surface area contributed by atoms with Crippen molar-refractivity contribution in [2.24, 2.45) is 0 Å². The zero-order valence-electron chi connectivity index (χ0n) is 18.2. The number of carbonyl (C=O) groups is 1. The number of allylic oxidation sites excluding steroid dienone is 1. The molecule has 1 aromatic carbocycles. The Labute approximate surface area is 201 Å². The Hall–Kier alpha value is -3.08. The Morgan fingerprint density at radius 3 is 3.06 bits per heavy atom. The molecular weight excluding hydrogens is 538 g/mol. The Balaban J connectivity index is 1.73. The normalized spacial score (nSPS) is 19.3. The molecule has 172 valence electrons. The van der Waals surface area contributed by atoms with Gasteiger partial charge >= 0.3 is 201 Å². The number of para-hydroxylation sites is 1. The van der Waals surface area contributed by atoms with Crippen molar-refractivity contribution in [1.82, 2.24) is 15.3 Å². The van der Waals surface area contributed by atoms with Crippen molar-refractivity contribution < 1.29 is 39.9 Å². The fraction of sp³-hybridized carbons (Fsp3) is 0.250. The Kier molecular flexibility index (Phi) is 5.96. The number of nitrogens with one attached hydrogen (secondary N) is 3. The summed E-state index contributed by atoms with van der Waals surface area (Å²) < 4.78 is 27.0.